The molecule has 0 saturated carbocycles. The first-order chi connectivity index (χ1) is 12.6. The molecule has 1 heterocycles. The van der Waals surface area contributed by atoms with Crippen molar-refractivity contribution in [3.63, 3.8) is 0 Å². The Kier molecular flexibility index (Phi) is 7.19. The van der Waals surface area contributed by atoms with Crippen molar-refractivity contribution in [2.75, 3.05) is 18.8 Å². The van der Waals surface area contributed by atoms with Crippen LogP contribution in [0.2, 0.25) is 0 Å². The molecule has 0 N–H and O–H groups in total. The lowest BCUT2D eigenvalue weighted by molar-refractivity contribution is -0.128. The quantitative estimate of drug-likeness (QED) is 0.664. The average molecular weight is 368 g/mol. The van der Waals surface area contributed by atoms with E-state index in [1.54, 1.807) is 4.90 Å². The highest BCUT2D eigenvalue weighted by Crippen LogP contribution is 2.23. The Hall–Kier alpha value is -2.84. The summed E-state index contributed by atoms with van der Waals surface area (Å²) in [5, 5.41) is 26.5. The van der Waals surface area contributed by atoms with Gasteiger partial charge in [0.05, 0.1) is 30.7 Å². The van der Waals surface area contributed by atoms with Gasteiger partial charge >= 0.3 is 0 Å². The third kappa shape index (κ3) is 5.08. The summed E-state index contributed by atoms with van der Waals surface area (Å²) in [7, 11) is 1.87. The summed E-state index contributed by atoms with van der Waals surface area (Å²) in [5.74, 6) is 0.822. The van der Waals surface area contributed by atoms with Crippen LogP contribution in [0.4, 0.5) is 0 Å². The average Bonchev–Trinajstić information content (AvgIpc) is 3.01. The maximum absolute atomic E-state index is 12.4. The van der Waals surface area contributed by atoms with Crippen molar-refractivity contribution in [3.8, 4) is 23.5 Å². The molecule has 26 heavy (non-hydrogen) atoms. The van der Waals surface area contributed by atoms with E-state index in [2.05, 4.69) is 10.2 Å². The van der Waals surface area contributed by atoms with Crippen LogP contribution in [-0.2, 0) is 11.8 Å². The van der Waals surface area contributed by atoms with E-state index in [-0.39, 0.29) is 24.5 Å². The van der Waals surface area contributed by atoms with Crippen LogP contribution in [-0.4, -0.2) is 44.4 Å². The van der Waals surface area contributed by atoms with Gasteiger partial charge in [-0.1, -0.05) is 41.6 Å². The monoisotopic (exact) mass is 368 g/mol. The van der Waals surface area contributed by atoms with Crippen LogP contribution in [0.25, 0.3) is 11.4 Å². The van der Waals surface area contributed by atoms with Crippen molar-refractivity contribution in [3.05, 3.63) is 29.8 Å². The molecule has 0 aliphatic heterocycles. The third-order valence-corrected chi connectivity index (χ3v) is 4.81. The highest BCUT2D eigenvalue weighted by atomic mass is 32.2. The van der Waals surface area contributed by atoms with E-state index >= 15 is 0 Å². The van der Waals surface area contributed by atoms with Gasteiger partial charge in [-0.25, -0.2) is 0 Å². The molecule has 8 heteroatoms. The van der Waals surface area contributed by atoms with E-state index in [0.717, 1.165) is 11.4 Å². The van der Waals surface area contributed by atoms with Crippen molar-refractivity contribution >= 4 is 17.7 Å². The second-order valence-corrected chi connectivity index (χ2v) is 6.66. The number of amides is 1. The van der Waals surface area contributed by atoms with Crippen molar-refractivity contribution in [1.29, 1.82) is 10.5 Å². The molecule has 1 amide bonds. The zero-order valence-corrected chi connectivity index (χ0v) is 15.7. The molecule has 0 fully saturated rings. The summed E-state index contributed by atoms with van der Waals surface area (Å²) in [4.78, 5) is 13.9. The predicted octanol–water partition coefficient (Wildman–Crippen LogP) is 2.54. The summed E-state index contributed by atoms with van der Waals surface area (Å²) in [5.41, 5.74) is 2.14. The van der Waals surface area contributed by atoms with Gasteiger partial charge in [0.1, 0.15) is 0 Å². The standard InChI is InChI=1S/C18H20N6OS/c1-14-5-7-15(8-6-14)17-21-22-18(23(17)2)26-13-16(25)24(11-3-9-19)12-4-10-20/h5-8H,3-4,11-13H2,1-2H3. The lowest BCUT2D eigenvalue weighted by atomic mass is 10.1. The Morgan fingerprint density at radius 2 is 1.77 bits per heavy atom. The second-order valence-electron chi connectivity index (χ2n) is 5.72. The van der Waals surface area contributed by atoms with Crippen LogP contribution < -0.4 is 0 Å². The fourth-order valence-corrected chi connectivity index (χ4v) is 3.16. The lowest BCUT2D eigenvalue weighted by Crippen LogP contribution is -2.34. The molecule has 0 spiro atoms. The number of aryl methyl sites for hydroxylation is 1. The molecule has 1 aromatic carbocycles. The summed E-state index contributed by atoms with van der Waals surface area (Å²) in [6.07, 6.45) is 0.507. The number of aromatic nitrogens is 3. The van der Waals surface area contributed by atoms with Crippen LogP contribution >= 0.6 is 11.8 Å². The first kappa shape index (κ1) is 19.5. The summed E-state index contributed by atoms with van der Waals surface area (Å²) in [6, 6.07) is 12.1. The number of nitriles is 2. The molecular formula is C18H20N6OS. The van der Waals surface area contributed by atoms with E-state index in [0.29, 0.717) is 18.2 Å². The van der Waals surface area contributed by atoms with Crippen LogP contribution in [0.3, 0.4) is 0 Å². The Balaban J connectivity index is 2.02. The van der Waals surface area contributed by atoms with Crippen LogP contribution in [0, 0.1) is 29.6 Å². The van der Waals surface area contributed by atoms with Crippen molar-refractivity contribution in [2.45, 2.75) is 24.9 Å². The topological polar surface area (TPSA) is 98.6 Å². The highest BCUT2D eigenvalue weighted by Gasteiger charge is 2.16. The molecule has 1 aromatic heterocycles. The van der Waals surface area contributed by atoms with Gasteiger partial charge in [0, 0.05) is 25.7 Å². The number of thioether (sulfide) groups is 1. The van der Waals surface area contributed by atoms with Gasteiger partial charge in [-0.15, -0.1) is 10.2 Å². The van der Waals surface area contributed by atoms with Gasteiger partial charge < -0.3 is 9.47 Å². The molecule has 0 radical (unpaired) electrons. The smallest absolute Gasteiger partial charge is 0.233 e. The number of carbonyl (C=O) groups excluding carboxylic acids is 1. The number of hydrogen-bond acceptors (Lipinski definition) is 6. The van der Waals surface area contributed by atoms with E-state index < -0.39 is 0 Å². The maximum atomic E-state index is 12.4. The van der Waals surface area contributed by atoms with Gasteiger partial charge in [0.15, 0.2) is 11.0 Å². The Bertz CT molecular complexity index is 813. The second kappa shape index (κ2) is 9.59. The minimum absolute atomic E-state index is 0.111. The Morgan fingerprint density at radius 1 is 1.15 bits per heavy atom. The largest absolute Gasteiger partial charge is 0.340 e. The van der Waals surface area contributed by atoms with Gasteiger partial charge in [-0.3, -0.25) is 4.79 Å². The summed E-state index contributed by atoms with van der Waals surface area (Å²) >= 11 is 1.30. The maximum Gasteiger partial charge on any atom is 0.233 e. The predicted molar refractivity (Wildman–Crippen MR) is 98.9 cm³/mol. The molecule has 2 aromatic rings. The molecule has 0 atom stereocenters. The normalized spacial score (nSPS) is 10.2. The lowest BCUT2D eigenvalue weighted by Gasteiger charge is -2.19. The van der Waals surface area contributed by atoms with Crippen molar-refractivity contribution in [2.24, 2.45) is 7.05 Å². The molecule has 2 rings (SSSR count). The number of rotatable bonds is 8. The SMILES string of the molecule is Cc1ccc(-c2nnc(SCC(=O)N(CCC#N)CCC#N)n2C)cc1. The fourth-order valence-electron chi connectivity index (χ4n) is 2.34. The first-order valence-electron chi connectivity index (χ1n) is 8.17. The molecule has 134 valence electrons. The third-order valence-electron chi connectivity index (χ3n) is 3.81. The zero-order chi connectivity index (χ0) is 18.9. The number of carbonyl (C=O) groups is 1. The van der Waals surface area contributed by atoms with Crippen LogP contribution in [0.1, 0.15) is 18.4 Å². The van der Waals surface area contributed by atoms with Crippen molar-refractivity contribution in [1.82, 2.24) is 19.7 Å². The highest BCUT2D eigenvalue weighted by molar-refractivity contribution is 7.99. The van der Waals surface area contributed by atoms with E-state index in [1.165, 1.54) is 17.3 Å². The van der Waals surface area contributed by atoms with Crippen molar-refractivity contribution < 1.29 is 4.79 Å². The molecule has 0 aliphatic carbocycles. The Morgan fingerprint density at radius 3 is 2.35 bits per heavy atom. The number of benzene rings is 1. The van der Waals surface area contributed by atoms with E-state index in [4.69, 9.17) is 10.5 Å². The van der Waals surface area contributed by atoms with Gasteiger partial charge in [-0.05, 0) is 6.92 Å². The molecular weight excluding hydrogens is 348 g/mol. The summed E-state index contributed by atoms with van der Waals surface area (Å²) in [6.45, 7) is 2.70. The van der Waals surface area contributed by atoms with E-state index in [9.17, 15) is 4.79 Å². The van der Waals surface area contributed by atoms with Gasteiger partial charge in [0.2, 0.25) is 5.91 Å². The first-order valence-corrected chi connectivity index (χ1v) is 9.16. The molecule has 0 bridgehead atoms. The Labute approximate surface area is 157 Å². The zero-order valence-electron chi connectivity index (χ0n) is 14.8. The minimum atomic E-state index is -0.111. The van der Waals surface area contributed by atoms with Crippen LogP contribution in [0.5, 0.6) is 0 Å². The van der Waals surface area contributed by atoms with Gasteiger partial charge in [0.25, 0.3) is 0 Å². The molecule has 0 saturated heterocycles. The van der Waals surface area contributed by atoms with E-state index in [1.807, 2.05) is 54.9 Å². The molecule has 0 aliphatic rings. The summed E-state index contributed by atoms with van der Waals surface area (Å²) < 4.78 is 1.86. The van der Waals surface area contributed by atoms with Gasteiger partial charge in [-0.2, -0.15) is 10.5 Å². The number of hydrogen-bond donors (Lipinski definition) is 0. The number of nitrogens with zero attached hydrogens (tertiary/aromatic N) is 6. The fraction of sp³-hybridized carbons (Fsp3) is 0.389. The molecule has 0 unspecified atom stereocenters. The molecule has 7 nitrogen and oxygen atoms in total. The van der Waals surface area contributed by atoms with Crippen LogP contribution in [0.15, 0.2) is 29.4 Å². The minimum Gasteiger partial charge on any atom is -0.340 e.